The molecule has 2 aromatic carbocycles. The number of carbonyl (C=O) groups excluding carboxylic acids is 1. The molecule has 7 heteroatoms. The van der Waals surface area contributed by atoms with Crippen molar-refractivity contribution < 1.29 is 13.2 Å². The standard InChI is InChI=1S/C23H31N3O3S/c1-16-6-9-21(18(3)14-16)19(4)24-23(27)20-8-7-17(2)22(15-20)30(28,29)26-12-10-25(5)11-13-26/h6-9,14-15,19H,10-13H2,1-5H3,(H,24,27)/t19-/m1/s1. The highest BCUT2D eigenvalue weighted by molar-refractivity contribution is 7.89. The number of nitrogens with zero attached hydrogens (tertiary/aromatic N) is 2. The number of sulfonamides is 1. The molecular formula is C23H31N3O3S. The molecule has 3 rings (SSSR count). The van der Waals surface area contributed by atoms with Crippen molar-refractivity contribution in [1.29, 1.82) is 0 Å². The largest absolute Gasteiger partial charge is 0.346 e. The Morgan fingerprint density at radius 3 is 2.27 bits per heavy atom. The molecule has 0 spiro atoms. The van der Waals surface area contributed by atoms with E-state index in [-0.39, 0.29) is 16.8 Å². The average molecular weight is 430 g/mol. The topological polar surface area (TPSA) is 69.7 Å². The number of benzene rings is 2. The summed E-state index contributed by atoms with van der Waals surface area (Å²) in [6.45, 7) is 10.1. The molecule has 30 heavy (non-hydrogen) atoms. The van der Waals surface area contributed by atoms with Crippen LogP contribution in [0.5, 0.6) is 0 Å². The number of rotatable bonds is 5. The maximum absolute atomic E-state index is 13.2. The van der Waals surface area contributed by atoms with Crippen molar-refractivity contribution >= 4 is 15.9 Å². The minimum atomic E-state index is -3.64. The van der Waals surface area contributed by atoms with E-state index in [1.807, 2.05) is 40.0 Å². The minimum absolute atomic E-state index is 0.183. The van der Waals surface area contributed by atoms with E-state index in [0.29, 0.717) is 37.3 Å². The molecule has 1 aliphatic heterocycles. The normalized spacial score (nSPS) is 17.0. The lowest BCUT2D eigenvalue weighted by Gasteiger charge is -2.32. The maximum Gasteiger partial charge on any atom is 0.251 e. The van der Waals surface area contributed by atoms with E-state index in [1.165, 1.54) is 15.9 Å². The molecule has 1 amide bonds. The summed E-state index contributed by atoms with van der Waals surface area (Å²) in [6, 6.07) is 10.8. The van der Waals surface area contributed by atoms with Crippen molar-refractivity contribution in [3.63, 3.8) is 0 Å². The van der Waals surface area contributed by atoms with Gasteiger partial charge in [0.25, 0.3) is 5.91 Å². The Morgan fingerprint density at radius 2 is 1.63 bits per heavy atom. The highest BCUT2D eigenvalue weighted by atomic mass is 32.2. The predicted octanol–water partition coefficient (Wildman–Crippen LogP) is 3.04. The van der Waals surface area contributed by atoms with Crippen LogP contribution in [0.3, 0.4) is 0 Å². The number of likely N-dealkylation sites (N-methyl/N-ethyl adjacent to an activating group) is 1. The third-order valence-corrected chi connectivity index (χ3v) is 7.81. The van der Waals surface area contributed by atoms with Crippen LogP contribution in [0.4, 0.5) is 0 Å². The molecule has 2 aromatic rings. The summed E-state index contributed by atoms with van der Waals surface area (Å²) in [5.41, 5.74) is 4.33. The first-order valence-electron chi connectivity index (χ1n) is 10.3. The monoisotopic (exact) mass is 429 g/mol. The van der Waals surface area contributed by atoms with Gasteiger partial charge in [0.1, 0.15) is 0 Å². The molecule has 0 unspecified atom stereocenters. The van der Waals surface area contributed by atoms with Crippen LogP contribution >= 0.6 is 0 Å². The Morgan fingerprint density at radius 1 is 0.967 bits per heavy atom. The summed E-state index contributed by atoms with van der Waals surface area (Å²) in [5.74, 6) is -0.280. The van der Waals surface area contributed by atoms with Crippen LogP contribution in [0, 0.1) is 20.8 Å². The molecule has 1 fully saturated rings. The number of carbonyl (C=O) groups is 1. The van der Waals surface area contributed by atoms with Crippen molar-refractivity contribution in [2.24, 2.45) is 0 Å². The summed E-state index contributed by atoms with van der Waals surface area (Å²) in [7, 11) is -1.65. The lowest BCUT2D eigenvalue weighted by Crippen LogP contribution is -2.47. The molecule has 1 N–H and O–H groups in total. The van der Waals surface area contributed by atoms with E-state index in [2.05, 4.69) is 16.3 Å². The maximum atomic E-state index is 13.2. The van der Waals surface area contributed by atoms with Gasteiger partial charge in [-0.1, -0.05) is 29.8 Å². The zero-order valence-corrected chi connectivity index (χ0v) is 19.2. The molecule has 0 radical (unpaired) electrons. The summed E-state index contributed by atoms with van der Waals surface area (Å²) >= 11 is 0. The quantitative estimate of drug-likeness (QED) is 0.793. The second kappa shape index (κ2) is 8.88. The van der Waals surface area contributed by atoms with Crippen molar-refractivity contribution in [2.45, 2.75) is 38.6 Å². The minimum Gasteiger partial charge on any atom is -0.346 e. The fourth-order valence-electron chi connectivity index (χ4n) is 3.86. The van der Waals surface area contributed by atoms with Gasteiger partial charge in [-0.2, -0.15) is 4.31 Å². The zero-order chi connectivity index (χ0) is 22.1. The van der Waals surface area contributed by atoms with Crippen molar-refractivity contribution in [3.8, 4) is 0 Å². The SMILES string of the molecule is Cc1ccc([C@@H](C)NC(=O)c2ccc(C)c(S(=O)(=O)N3CCN(C)CC3)c2)c(C)c1. The molecule has 0 saturated carbocycles. The molecule has 1 atom stereocenters. The number of amides is 1. The van der Waals surface area contributed by atoms with Crippen LogP contribution < -0.4 is 5.32 Å². The van der Waals surface area contributed by atoms with Gasteiger partial charge in [-0.3, -0.25) is 4.79 Å². The predicted molar refractivity (Wildman–Crippen MR) is 119 cm³/mol. The van der Waals surface area contributed by atoms with Crippen LogP contribution in [0.1, 0.15) is 45.6 Å². The van der Waals surface area contributed by atoms with Crippen LogP contribution in [0.25, 0.3) is 0 Å². The van der Waals surface area contributed by atoms with Gasteiger partial charge < -0.3 is 10.2 Å². The smallest absolute Gasteiger partial charge is 0.251 e. The Labute approximate surface area is 179 Å². The van der Waals surface area contributed by atoms with Gasteiger partial charge in [-0.15, -0.1) is 0 Å². The van der Waals surface area contributed by atoms with Crippen LogP contribution in [-0.4, -0.2) is 56.8 Å². The summed E-state index contributed by atoms with van der Waals surface area (Å²) in [6.07, 6.45) is 0. The van der Waals surface area contributed by atoms with E-state index >= 15 is 0 Å². The third kappa shape index (κ3) is 4.74. The van der Waals surface area contributed by atoms with Crippen LogP contribution in [-0.2, 0) is 10.0 Å². The number of piperazine rings is 1. The molecule has 1 aliphatic rings. The van der Waals surface area contributed by atoms with E-state index < -0.39 is 10.0 Å². The molecule has 1 heterocycles. The average Bonchev–Trinajstić information content (AvgIpc) is 2.68. The first-order chi connectivity index (χ1) is 14.1. The van der Waals surface area contributed by atoms with E-state index in [9.17, 15) is 13.2 Å². The second-order valence-electron chi connectivity index (χ2n) is 8.24. The Balaban J connectivity index is 1.82. The number of aryl methyl sites for hydroxylation is 3. The summed E-state index contributed by atoms with van der Waals surface area (Å²) in [4.78, 5) is 15.2. The third-order valence-electron chi connectivity index (χ3n) is 5.77. The summed E-state index contributed by atoms with van der Waals surface area (Å²) in [5, 5.41) is 3.00. The summed E-state index contributed by atoms with van der Waals surface area (Å²) < 4.78 is 27.9. The molecular weight excluding hydrogens is 398 g/mol. The molecule has 0 aromatic heterocycles. The number of hydrogen-bond acceptors (Lipinski definition) is 4. The van der Waals surface area contributed by atoms with Gasteiger partial charge in [-0.05, 0) is 63.6 Å². The van der Waals surface area contributed by atoms with E-state index in [4.69, 9.17) is 0 Å². The van der Waals surface area contributed by atoms with Crippen molar-refractivity contribution in [2.75, 3.05) is 33.2 Å². The van der Waals surface area contributed by atoms with Crippen molar-refractivity contribution in [3.05, 3.63) is 64.2 Å². The highest BCUT2D eigenvalue weighted by Crippen LogP contribution is 2.24. The zero-order valence-electron chi connectivity index (χ0n) is 18.4. The molecule has 0 bridgehead atoms. The first kappa shape index (κ1) is 22.5. The molecule has 6 nitrogen and oxygen atoms in total. The molecule has 0 aliphatic carbocycles. The van der Waals surface area contributed by atoms with Gasteiger partial charge >= 0.3 is 0 Å². The van der Waals surface area contributed by atoms with Gasteiger partial charge in [-0.25, -0.2) is 8.42 Å². The fourth-order valence-corrected chi connectivity index (χ4v) is 5.53. The van der Waals surface area contributed by atoms with E-state index in [1.54, 1.807) is 19.1 Å². The Bertz CT molecular complexity index is 1040. The molecule has 162 valence electrons. The number of hydrogen-bond donors (Lipinski definition) is 1. The van der Waals surface area contributed by atoms with Crippen LogP contribution in [0.2, 0.25) is 0 Å². The Kier molecular flexibility index (Phi) is 6.65. The van der Waals surface area contributed by atoms with Crippen molar-refractivity contribution in [1.82, 2.24) is 14.5 Å². The highest BCUT2D eigenvalue weighted by Gasteiger charge is 2.29. The van der Waals surface area contributed by atoms with E-state index in [0.717, 1.165) is 11.1 Å². The van der Waals surface area contributed by atoms with Gasteiger partial charge in [0.15, 0.2) is 0 Å². The second-order valence-corrected chi connectivity index (χ2v) is 10.1. The first-order valence-corrected chi connectivity index (χ1v) is 11.7. The lowest BCUT2D eigenvalue weighted by molar-refractivity contribution is 0.0939. The van der Waals surface area contributed by atoms with Gasteiger partial charge in [0.2, 0.25) is 10.0 Å². The van der Waals surface area contributed by atoms with Gasteiger partial charge in [0, 0.05) is 31.7 Å². The fraction of sp³-hybridized carbons (Fsp3) is 0.435. The van der Waals surface area contributed by atoms with Crippen LogP contribution in [0.15, 0.2) is 41.3 Å². The lowest BCUT2D eigenvalue weighted by atomic mass is 10.00. The number of nitrogens with one attached hydrogen (secondary N) is 1. The Hall–Kier alpha value is -2.22. The van der Waals surface area contributed by atoms with Gasteiger partial charge in [0.05, 0.1) is 10.9 Å². The molecule has 1 saturated heterocycles.